The van der Waals surface area contributed by atoms with Gasteiger partial charge in [0.25, 0.3) is 0 Å². The molecule has 1 aromatic heterocycles. The number of aryl methyl sites for hydroxylation is 1. The molecular weight excluding hydrogens is 146 g/mol. The first-order chi connectivity index (χ1) is 5.74. The van der Waals surface area contributed by atoms with Gasteiger partial charge in [0.1, 0.15) is 0 Å². The molecule has 0 bridgehead atoms. The molecule has 0 unspecified atom stereocenters. The molecule has 0 atom stereocenters. The molecule has 0 N–H and O–H groups in total. The third-order valence-electron chi connectivity index (χ3n) is 2.04. The molecule has 0 aliphatic carbocycles. The molecule has 12 heavy (non-hydrogen) atoms. The highest BCUT2D eigenvalue weighted by molar-refractivity contribution is 5.54. The highest BCUT2D eigenvalue weighted by Crippen LogP contribution is 2.11. The molecule has 0 amide bonds. The van der Waals surface area contributed by atoms with Crippen LogP contribution in [0.3, 0.4) is 0 Å². The molecule has 0 aliphatic heterocycles. The molecule has 0 aromatic carbocycles. The minimum atomic E-state index is 1.11. The molecule has 0 fully saturated rings. The van der Waals surface area contributed by atoms with Crippen LogP contribution in [-0.2, 0) is 0 Å². The zero-order valence-corrected chi connectivity index (χ0v) is 7.96. The van der Waals surface area contributed by atoms with Crippen molar-refractivity contribution in [2.45, 2.75) is 27.2 Å². The SMILES string of the molecule is CC/C(C)=C\c1cnccc1C. The molecule has 1 aromatic rings. The second-order valence-corrected chi connectivity index (χ2v) is 3.08. The van der Waals surface area contributed by atoms with E-state index in [1.807, 2.05) is 18.5 Å². The third kappa shape index (κ3) is 2.19. The van der Waals surface area contributed by atoms with E-state index in [0.29, 0.717) is 0 Å². The maximum atomic E-state index is 4.09. The van der Waals surface area contributed by atoms with Crippen molar-refractivity contribution >= 4 is 6.08 Å². The van der Waals surface area contributed by atoms with Crippen LogP contribution < -0.4 is 0 Å². The van der Waals surface area contributed by atoms with Crippen LogP contribution in [0.5, 0.6) is 0 Å². The van der Waals surface area contributed by atoms with Crippen molar-refractivity contribution in [3.8, 4) is 0 Å². The molecule has 1 nitrogen and oxygen atoms in total. The van der Waals surface area contributed by atoms with Gasteiger partial charge in [-0.3, -0.25) is 4.98 Å². The van der Waals surface area contributed by atoms with Crippen LogP contribution in [0.1, 0.15) is 31.4 Å². The van der Waals surface area contributed by atoms with Crippen molar-refractivity contribution in [2.24, 2.45) is 0 Å². The number of rotatable bonds is 2. The van der Waals surface area contributed by atoms with Gasteiger partial charge in [-0.1, -0.05) is 18.6 Å². The lowest BCUT2D eigenvalue weighted by Gasteiger charge is -1.99. The van der Waals surface area contributed by atoms with Crippen LogP contribution >= 0.6 is 0 Å². The summed E-state index contributed by atoms with van der Waals surface area (Å²) in [7, 11) is 0. The predicted molar refractivity (Wildman–Crippen MR) is 52.9 cm³/mol. The fourth-order valence-corrected chi connectivity index (χ4v) is 0.995. The number of aromatic nitrogens is 1. The van der Waals surface area contributed by atoms with E-state index in [0.717, 1.165) is 6.42 Å². The van der Waals surface area contributed by atoms with Gasteiger partial charge in [-0.15, -0.1) is 0 Å². The van der Waals surface area contributed by atoms with Gasteiger partial charge >= 0.3 is 0 Å². The molecule has 1 heterocycles. The first-order valence-electron chi connectivity index (χ1n) is 4.32. The maximum absolute atomic E-state index is 4.09. The Morgan fingerprint density at radius 3 is 2.92 bits per heavy atom. The first-order valence-corrected chi connectivity index (χ1v) is 4.32. The van der Waals surface area contributed by atoms with Gasteiger partial charge in [0.05, 0.1) is 0 Å². The molecule has 0 aliphatic rings. The van der Waals surface area contributed by atoms with Gasteiger partial charge < -0.3 is 0 Å². The average Bonchev–Trinajstić information content (AvgIpc) is 2.09. The van der Waals surface area contributed by atoms with E-state index in [4.69, 9.17) is 0 Å². The van der Waals surface area contributed by atoms with E-state index >= 15 is 0 Å². The lowest BCUT2D eigenvalue weighted by atomic mass is 10.1. The summed E-state index contributed by atoms with van der Waals surface area (Å²) in [5, 5.41) is 0. The zero-order chi connectivity index (χ0) is 8.97. The Hall–Kier alpha value is -1.11. The second-order valence-electron chi connectivity index (χ2n) is 3.08. The van der Waals surface area contributed by atoms with Crippen molar-refractivity contribution < 1.29 is 0 Å². The van der Waals surface area contributed by atoms with Gasteiger partial charge in [-0.2, -0.15) is 0 Å². The third-order valence-corrected chi connectivity index (χ3v) is 2.04. The molecule has 0 spiro atoms. The predicted octanol–water partition coefficient (Wildman–Crippen LogP) is 3.20. The Morgan fingerprint density at radius 1 is 1.58 bits per heavy atom. The molecule has 0 saturated heterocycles. The van der Waals surface area contributed by atoms with E-state index in [9.17, 15) is 0 Å². The van der Waals surface area contributed by atoms with Crippen LogP contribution in [-0.4, -0.2) is 4.98 Å². The summed E-state index contributed by atoms with van der Waals surface area (Å²) in [5.74, 6) is 0. The van der Waals surface area contributed by atoms with Crippen molar-refractivity contribution in [3.63, 3.8) is 0 Å². The van der Waals surface area contributed by atoms with Gasteiger partial charge in [-0.25, -0.2) is 0 Å². The smallest absolute Gasteiger partial charge is 0.0342 e. The molecule has 64 valence electrons. The fraction of sp³-hybridized carbons (Fsp3) is 0.364. The zero-order valence-electron chi connectivity index (χ0n) is 7.96. The van der Waals surface area contributed by atoms with E-state index in [1.54, 1.807) is 0 Å². The summed E-state index contributed by atoms with van der Waals surface area (Å²) < 4.78 is 0. The van der Waals surface area contributed by atoms with Crippen molar-refractivity contribution in [2.75, 3.05) is 0 Å². The highest BCUT2D eigenvalue weighted by Gasteiger charge is 1.93. The summed E-state index contributed by atoms with van der Waals surface area (Å²) >= 11 is 0. The van der Waals surface area contributed by atoms with Crippen molar-refractivity contribution in [1.29, 1.82) is 0 Å². The van der Waals surface area contributed by atoms with Gasteiger partial charge in [0, 0.05) is 12.4 Å². The number of hydrogen-bond acceptors (Lipinski definition) is 1. The summed E-state index contributed by atoms with van der Waals surface area (Å²) in [4.78, 5) is 4.09. The Kier molecular flexibility index (Phi) is 3.03. The Balaban J connectivity index is 2.96. The van der Waals surface area contributed by atoms with Crippen LogP contribution in [0.15, 0.2) is 24.0 Å². The molecular formula is C11H15N. The molecule has 1 heteroatoms. The molecule has 0 saturated carbocycles. The van der Waals surface area contributed by atoms with E-state index in [2.05, 4.69) is 31.8 Å². The van der Waals surface area contributed by atoms with E-state index in [-0.39, 0.29) is 0 Å². The molecule has 0 radical (unpaired) electrons. The van der Waals surface area contributed by atoms with Gasteiger partial charge in [0.15, 0.2) is 0 Å². The van der Waals surface area contributed by atoms with Gasteiger partial charge in [-0.05, 0) is 37.5 Å². The van der Waals surface area contributed by atoms with E-state index in [1.165, 1.54) is 16.7 Å². The number of pyridine rings is 1. The minimum Gasteiger partial charge on any atom is -0.264 e. The fourth-order valence-electron chi connectivity index (χ4n) is 0.995. The van der Waals surface area contributed by atoms with Crippen molar-refractivity contribution in [3.05, 3.63) is 35.2 Å². The van der Waals surface area contributed by atoms with Crippen LogP contribution in [0.25, 0.3) is 6.08 Å². The number of hydrogen-bond donors (Lipinski definition) is 0. The highest BCUT2D eigenvalue weighted by atomic mass is 14.6. The summed E-state index contributed by atoms with van der Waals surface area (Å²) in [6, 6.07) is 2.04. The normalized spacial score (nSPS) is 11.8. The van der Waals surface area contributed by atoms with Crippen molar-refractivity contribution in [1.82, 2.24) is 4.98 Å². The topological polar surface area (TPSA) is 12.9 Å². The Labute approximate surface area is 74.2 Å². The van der Waals surface area contributed by atoms with Crippen LogP contribution in [0.4, 0.5) is 0 Å². The van der Waals surface area contributed by atoms with Crippen LogP contribution in [0.2, 0.25) is 0 Å². The maximum Gasteiger partial charge on any atom is 0.0342 e. The summed E-state index contributed by atoms with van der Waals surface area (Å²) in [6.07, 6.45) is 7.04. The van der Waals surface area contributed by atoms with Gasteiger partial charge in [0.2, 0.25) is 0 Å². The minimum absolute atomic E-state index is 1.11. The first kappa shape index (κ1) is 8.98. The lowest BCUT2D eigenvalue weighted by Crippen LogP contribution is -1.83. The Bertz CT molecular complexity index is 287. The van der Waals surface area contributed by atoms with Crippen LogP contribution in [0, 0.1) is 6.92 Å². The monoisotopic (exact) mass is 161 g/mol. The quantitative estimate of drug-likeness (QED) is 0.649. The van der Waals surface area contributed by atoms with E-state index < -0.39 is 0 Å². The largest absolute Gasteiger partial charge is 0.264 e. The lowest BCUT2D eigenvalue weighted by molar-refractivity contribution is 1.11. The number of nitrogens with zero attached hydrogens (tertiary/aromatic N) is 1. The number of allylic oxidation sites excluding steroid dienone is 1. The average molecular weight is 161 g/mol. The Morgan fingerprint density at radius 2 is 2.33 bits per heavy atom. The molecule has 1 rings (SSSR count). The standard InChI is InChI=1S/C11H15N/c1-4-9(2)7-11-8-12-6-5-10(11)3/h5-8H,4H2,1-3H3/b9-7-. The summed E-state index contributed by atoms with van der Waals surface area (Å²) in [5.41, 5.74) is 3.92. The second kappa shape index (κ2) is 4.05. The summed E-state index contributed by atoms with van der Waals surface area (Å²) in [6.45, 7) is 6.42.